The quantitative estimate of drug-likeness (QED) is 0.702. The Morgan fingerprint density at radius 2 is 1.96 bits per heavy atom. The summed E-state index contributed by atoms with van der Waals surface area (Å²) in [5, 5.41) is 4.99. The van der Waals surface area contributed by atoms with Crippen molar-refractivity contribution >= 4 is 23.5 Å². The minimum absolute atomic E-state index is 0.0832. The number of nitrogens with zero attached hydrogens (tertiary/aromatic N) is 1. The highest BCUT2D eigenvalue weighted by atomic mass is 16.5. The molecular weight excluding hydrogens is 324 g/mol. The van der Waals surface area contributed by atoms with E-state index in [2.05, 4.69) is 5.32 Å². The molecule has 0 bridgehead atoms. The van der Waals surface area contributed by atoms with E-state index in [4.69, 9.17) is 10.5 Å². The Morgan fingerprint density at radius 1 is 1.28 bits per heavy atom. The van der Waals surface area contributed by atoms with Gasteiger partial charge in [0.15, 0.2) is 6.10 Å². The lowest BCUT2D eigenvalue weighted by Gasteiger charge is -2.35. The lowest BCUT2D eigenvalue weighted by molar-refractivity contribution is -0.129. The van der Waals surface area contributed by atoms with E-state index in [0.717, 1.165) is 12.8 Å². The summed E-state index contributed by atoms with van der Waals surface area (Å²) in [7, 11) is 0. The molecule has 1 aliphatic heterocycles. The number of anilines is 1. The van der Waals surface area contributed by atoms with Crippen molar-refractivity contribution in [1.82, 2.24) is 10.6 Å². The molecule has 0 spiro atoms. The highest BCUT2D eigenvalue weighted by Gasteiger charge is 2.32. The SMILES string of the molecule is CCC(CC)NC(=O)[C@@H]1CN(CC(=O)NC(N)=O)c2ccccc2O1. The van der Waals surface area contributed by atoms with Gasteiger partial charge in [0.05, 0.1) is 18.8 Å². The number of primary amides is 1. The summed E-state index contributed by atoms with van der Waals surface area (Å²) in [6, 6.07) is 6.31. The Hall–Kier alpha value is -2.77. The third-order valence-electron chi connectivity index (χ3n) is 4.08. The second-order valence-corrected chi connectivity index (χ2v) is 5.89. The molecule has 0 saturated carbocycles. The van der Waals surface area contributed by atoms with Gasteiger partial charge in [-0.2, -0.15) is 0 Å². The van der Waals surface area contributed by atoms with Crippen LogP contribution >= 0.6 is 0 Å². The Balaban J connectivity index is 2.14. The van der Waals surface area contributed by atoms with Crippen LogP contribution < -0.4 is 26.0 Å². The van der Waals surface area contributed by atoms with Gasteiger partial charge >= 0.3 is 6.03 Å². The predicted octanol–water partition coefficient (Wildman–Crippen LogP) is 0.754. The Morgan fingerprint density at radius 3 is 2.60 bits per heavy atom. The van der Waals surface area contributed by atoms with Gasteiger partial charge in [-0.25, -0.2) is 4.79 Å². The number of ether oxygens (including phenoxy) is 1. The van der Waals surface area contributed by atoms with E-state index in [-0.39, 0.29) is 25.0 Å². The number of nitrogens with two attached hydrogens (primary N) is 1. The molecule has 0 saturated heterocycles. The molecule has 1 aromatic carbocycles. The molecule has 0 aliphatic carbocycles. The summed E-state index contributed by atoms with van der Waals surface area (Å²) in [5.41, 5.74) is 5.66. The monoisotopic (exact) mass is 348 g/mol. The van der Waals surface area contributed by atoms with Gasteiger partial charge in [0.25, 0.3) is 5.91 Å². The average molecular weight is 348 g/mol. The Bertz CT molecular complexity index is 645. The predicted molar refractivity (Wildman–Crippen MR) is 93.3 cm³/mol. The van der Waals surface area contributed by atoms with Crippen LogP contribution in [0.25, 0.3) is 0 Å². The largest absolute Gasteiger partial charge is 0.477 e. The Kier molecular flexibility index (Phi) is 6.21. The lowest BCUT2D eigenvalue weighted by Crippen LogP contribution is -2.53. The van der Waals surface area contributed by atoms with Gasteiger partial charge in [-0.1, -0.05) is 26.0 Å². The molecule has 1 heterocycles. The number of para-hydroxylation sites is 2. The van der Waals surface area contributed by atoms with Crippen LogP contribution in [0.2, 0.25) is 0 Å². The molecular formula is C17H24N4O4. The second kappa shape index (κ2) is 8.36. The molecule has 1 aliphatic rings. The summed E-state index contributed by atoms with van der Waals surface area (Å²) >= 11 is 0. The minimum Gasteiger partial charge on any atom is -0.477 e. The van der Waals surface area contributed by atoms with Crippen molar-refractivity contribution in [2.45, 2.75) is 38.8 Å². The molecule has 4 N–H and O–H groups in total. The molecule has 4 amide bonds. The van der Waals surface area contributed by atoms with Crippen LogP contribution in [0, 0.1) is 0 Å². The van der Waals surface area contributed by atoms with Gasteiger partial charge in [-0.05, 0) is 25.0 Å². The first-order chi connectivity index (χ1) is 11.9. The van der Waals surface area contributed by atoms with Gasteiger partial charge in [0, 0.05) is 6.04 Å². The molecule has 1 atom stereocenters. The zero-order chi connectivity index (χ0) is 18.4. The summed E-state index contributed by atoms with van der Waals surface area (Å²) in [5.74, 6) is -0.239. The summed E-state index contributed by atoms with van der Waals surface area (Å²) < 4.78 is 5.80. The summed E-state index contributed by atoms with van der Waals surface area (Å²) in [6.07, 6.45) is 0.920. The minimum atomic E-state index is -0.908. The van der Waals surface area contributed by atoms with E-state index in [1.165, 1.54) is 0 Å². The average Bonchev–Trinajstić information content (AvgIpc) is 2.58. The van der Waals surface area contributed by atoms with E-state index >= 15 is 0 Å². The molecule has 2 rings (SSSR count). The van der Waals surface area contributed by atoms with Crippen LogP contribution in [0.1, 0.15) is 26.7 Å². The third kappa shape index (κ3) is 4.85. The fourth-order valence-electron chi connectivity index (χ4n) is 2.73. The normalized spacial score (nSPS) is 16.0. The maximum atomic E-state index is 12.5. The van der Waals surface area contributed by atoms with Crippen LogP contribution in [0.3, 0.4) is 0 Å². The first-order valence-electron chi connectivity index (χ1n) is 8.34. The van der Waals surface area contributed by atoms with E-state index in [9.17, 15) is 14.4 Å². The van der Waals surface area contributed by atoms with Crippen molar-refractivity contribution in [3.05, 3.63) is 24.3 Å². The van der Waals surface area contributed by atoms with Crippen LogP contribution in [-0.4, -0.2) is 43.1 Å². The smallest absolute Gasteiger partial charge is 0.318 e. The van der Waals surface area contributed by atoms with Crippen molar-refractivity contribution in [3.63, 3.8) is 0 Å². The lowest BCUT2D eigenvalue weighted by atomic mass is 10.1. The van der Waals surface area contributed by atoms with Crippen LogP contribution in [-0.2, 0) is 9.59 Å². The maximum Gasteiger partial charge on any atom is 0.318 e. The molecule has 0 unspecified atom stereocenters. The number of hydrogen-bond donors (Lipinski definition) is 3. The van der Waals surface area contributed by atoms with Crippen LogP contribution in [0.5, 0.6) is 5.75 Å². The first-order valence-corrected chi connectivity index (χ1v) is 8.34. The molecule has 0 radical (unpaired) electrons. The van der Waals surface area contributed by atoms with Gasteiger partial charge in [0.2, 0.25) is 5.91 Å². The molecule has 0 aromatic heterocycles. The molecule has 1 aromatic rings. The summed E-state index contributed by atoms with van der Waals surface area (Å²) in [4.78, 5) is 36.9. The first kappa shape index (κ1) is 18.6. The molecule has 136 valence electrons. The van der Waals surface area contributed by atoms with Gasteiger partial charge in [0.1, 0.15) is 5.75 Å². The number of urea groups is 1. The van der Waals surface area contributed by atoms with Crippen molar-refractivity contribution in [2.24, 2.45) is 5.73 Å². The van der Waals surface area contributed by atoms with E-state index in [1.807, 2.05) is 25.2 Å². The van der Waals surface area contributed by atoms with Gasteiger partial charge in [-0.15, -0.1) is 0 Å². The zero-order valence-electron chi connectivity index (χ0n) is 14.5. The van der Waals surface area contributed by atoms with Gasteiger partial charge < -0.3 is 20.7 Å². The molecule has 25 heavy (non-hydrogen) atoms. The number of hydrogen-bond acceptors (Lipinski definition) is 5. The number of rotatable bonds is 6. The fraction of sp³-hybridized carbons (Fsp3) is 0.471. The van der Waals surface area contributed by atoms with E-state index < -0.39 is 18.0 Å². The van der Waals surface area contributed by atoms with E-state index in [0.29, 0.717) is 11.4 Å². The Labute approximate surface area is 146 Å². The van der Waals surface area contributed by atoms with Crippen molar-refractivity contribution in [3.8, 4) is 5.75 Å². The summed E-state index contributed by atoms with van der Waals surface area (Å²) in [6.45, 7) is 4.12. The third-order valence-corrected chi connectivity index (χ3v) is 4.08. The molecule has 8 nitrogen and oxygen atoms in total. The van der Waals surface area contributed by atoms with Crippen molar-refractivity contribution in [2.75, 3.05) is 18.0 Å². The molecule has 8 heteroatoms. The number of amides is 4. The van der Waals surface area contributed by atoms with Crippen LogP contribution in [0.15, 0.2) is 24.3 Å². The number of nitrogens with one attached hydrogen (secondary N) is 2. The van der Waals surface area contributed by atoms with E-state index in [1.54, 1.807) is 23.1 Å². The molecule has 0 fully saturated rings. The number of fused-ring (bicyclic) bond motifs is 1. The van der Waals surface area contributed by atoms with Crippen molar-refractivity contribution < 1.29 is 19.1 Å². The standard InChI is InChI=1S/C17H24N4O4/c1-3-11(4-2)19-16(23)14-9-21(10-15(22)20-17(18)24)12-7-5-6-8-13(12)25-14/h5-8,11,14H,3-4,9-10H2,1-2H3,(H,19,23)(H3,18,20,22,24)/t14-/m0/s1. The zero-order valence-corrected chi connectivity index (χ0v) is 14.5. The fourth-order valence-corrected chi connectivity index (χ4v) is 2.73. The number of carbonyl (C=O) groups excluding carboxylic acids is 3. The second-order valence-electron chi connectivity index (χ2n) is 5.89. The number of carbonyl (C=O) groups is 3. The van der Waals surface area contributed by atoms with Crippen LogP contribution in [0.4, 0.5) is 10.5 Å². The topological polar surface area (TPSA) is 114 Å². The highest BCUT2D eigenvalue weighted by Crippen LogP contribution is 2.32. The number of imide groups is 1. The van der Waals surface area contributed by atoms with Gasteiger partial charge in [-0.3, -0.25) is 14.9 Å². The maximum absolute atomic E-state index is 12.5. The van der Waals surface area contributed by atoms with Crippen molar-refractivity contribution in [1.29, 1.82) is 0 Å². The number of benzene rings is 1. The highest BCUT2D eigenvalue weighted by molar-refractivity contribution is 5.96.